The summed E-state index contributed by atoms with van der Waals surface area (Å²) in [5, 5.41) is 12.4. The number of benzene rings is 2. The zero-order chi connectivity index (χ0) is 26.5. The molecule has 7 heteroatoms. The van der Waals surface area contributed by atoms with E-state index in [-0.39, 0.29) is 30.6 Å². The number of hydrogen-bond acceptors (Lipinski definition) is 6. The van der Waals surface area contributed by atoms with Crippen LogP contribution in [0.5, 0.6) is 0 Å². The SMILES string of the molecule is CC(=O)NCc1ccc([C@@H]2O[C@H](CN3CCC[C@H]3CN3CCCC3)[C@H](C)[C@H](c3ccc(CO)cc3)O2)cc1. The number of aliphatic hydroxyl groups excluding tert-OH is 1. The summed E-state index contributed by atoms with van der Waals surface area (Å²) in [5.74, 6) is 0.142. The van der Waals surface area contributed by atoms with Gasteiger partial charge in [0, 0.05) is 44.1 Å². The fourth-order valence-corrected chi connectivity index (χ4v) is 6.18. The number of ether oxygens (including phenoxy) is 2. The van der Waals surface area contributed by atoms with E-state index in [2.05, 4.69) is 34.2 Å². The van der Waals surface area contributed by atoms with E-state index in [9.17, 15) is 9.90 Å². The molecule has 0 saturated carbocycles. The number of nitrogens with one attached hydrogen (secondary N) is 1. The maximum Gasteiger partial charge on any atom is 0.217 e. The van der Waals surface area contributed by atoms with Crippen LogP contribution in [0.2, 0.25) is 0 Å². The van der Waals surface area contributed by atoms with Crippen molar-refractivity contribution in [3.05, 3.63) is 70.8 Å². The molecule has 3 aliphatic heterocycles. The summed E-state index contributed by atoms with van der Waals surface area (Å²) < 4.78 is 13.3. The van der Waals surface area contributed by atoms with Crippen LogP contribution >= 0.6 is 0 Å². The van der Waals surface area contributed by atoms with Crippen LogP contribution in [-0.4, -0.2) is 65.7 Å². The highest BCUT2D eigenvalue weighted by Crippen LogP contribution is 2.42. The molecule has 2 aromatic carbocycles. The van der Waals surface area contributed by atoms with E-state index in [1.165, 1.54) is 52.2 Å². The third-order valence-corrected chi connectivity index (χ3v) is 8.50. The lowest BCUT2D eigenvalue weighted by Crippen LogP contribution is -2.48. The Morgan fingerprint density at radius 2 is 1.61 bits per heavy atom. The van der Waals surface area contributed by atoms with Gasteiger partial charge in [0.2, 0.25) is 5.91 Å². The molecule has 3 fully saturated rings. The molecular formula is C31H43N3O4. The van der Waals surface area contributed by atoms with Gasteiger partial charge in [-0.2, -0.15) is 0 Å². The molecule has 0 radical (unpaired) electrons. The second-order valence-corrected chi connectivity index (χ2v) is 11.3. The number of rotatable bonds is 9. The fourth-order valence-electron chi connectivity index (χ4n) is 6.18. The normalized spacial score (nSPS) is 28.6. The minimum absolute atomic E-state index is 0.0356. The van der Waals surface area contributed by atoms with Crippen LogP contribution in [0.4, 0.5) is 0 Å². The molecule has 0 unspecified atom stereocenters. The molecule has 7 nitrogen and oxygen atoms in total. The van der Waals surface area contributed by atoms with Crippen LogP contribution in [0.3, 0.4) is 0 Å². The van der Waals surface area contributed by atoms with Gasteiger partial charge in [0.1, 0.15) is 0 Å². The number of amides is 1. The van der Waals surface area contributed by atoms with Crippen molar-refractivity contribution in [3.8, 4) is 0 Å². The van der Waals surface area contributed by atoms with Crippen molar-refractivity contribution in [2.75, 3.05) is 32.7 Å². The van der Waals surface area contributed by atoms with Gasteiger partial charge >= 0.3 is 0 Å². The first kappa shape index (κ1) is 27.3. The van der Waals surface area contributed by atoms with Crippen LogP contribution in [0.1, 0.15) is 74.2 Å². The zero-order valence-corrected chi connectivity index (χ0v) is 22.9. The van der Waals surface area contributed by atoms with Crippen molar-refractivity contribution in [2.45, 2.75) is 77.2 Å². The van der Waals surface area contributed by atoms with Crippen molar-refractivity contribution in [1.82, 2.24) is 15.1 Å². The summed E-state index contributed by atoms with van der Waals surface area (Å²) in [5.41, 5.74) is 4.05. The Morgan fingerprint density at radius 1 is 0.921 bits per heavy atom. The predicted octanol–water partition coefficient (Wildman–Crippen LogP) is 4.17. The molecule has 2 N–H and O–H groups in total. The molecule has 5 atom stereocenters. The first-order chi connectivity index (χ1) is 18.5. The molecule has 0 aromatic heterocycles. The van der Waals surface area contributed by atoms with Gasteiger partial charge in [-0.3, -0.25) is 9.69 Å². The molecule has 5 rings (SSSR count). The molecule has 3 heterocycles. The van der Waals surface area contributed by atoms with Gasteiger partial charge in [0.15, 0.2) is 6.29 Å². The maximum atomic E-state index is 11.3. The number of hydrogen-bond donors (Lipinski definition) is 2. The van der Waals surface area contributed by atoms with Crippen LogP contribution in [0.25, 0.3) is 0 Å². The molecule has 3 aliphatic rings. The van der Waals surface area contributed by atoms with Crippen molar-refractivity contribution in [3.63, 3.8) is 0 Å². The predicted molar refractivity (Wildman–Crippen MR) is 147 cm³/mol. The van der Waals surface area contributed by atoms with Gasteiger partial charge in [-0.15, -0.1) is 0 Å². The lowest BCUT2D eigenvalue weighted by molar-refractivity contribution is -0.276. The van der Waals surface area contributed by atoms with Gasteiger partial charge in [-0.25, -0.2) is 0 Å². The third kappa shape index (κ3) is 6.64. The second kappa shape index (κ2) is 12.7. The molecule has 206 valence electrons. The van der Waals surface area contributed by atoms with Crippen molar-refractivity contribution < 1.29 is 19.4 Å². The van der Waals surface area contributed by atoms with Crippen molar-refractivity contribution in [1.29, 1.82) is 0 Å². The minimum atomic E-state index is -0.465. The van der Waals surface area contributed by atoms with Crippen molar-refractivity contribution in [2.24, 2.45) is 5.92 Å². The van der Waals surface area contributed by atoms with Gasteiger partial charge < -0.3 is 24.8 Å². The number of aliphatic hydroxyl groups is 1. The fraction of sp³-hybridized carbons (Fsp3) is 0.581. The van der Waals surface area contributed by atoms with Crippen molar-refractivity contribution >= 4 is 5.91 Å². The van der Waals surface area contributed by atoms with E-state index in [0.29, 0.717) is 12.6 Å². The Kier molecular flexibility index (Phi) is 9.12. The molecule has 3 saturated heterocycles. The summed E-state index contributed by atoms with van der Waals surface area (Å²) >= 11 is 0. The summed E-state index contributed by atoms with van der Waals surface area (Å²) in [6, 6.07) is 16.9. The Labute approximate surface area is 227 Å². The number of carbonyl (C=O) groups excluding carboxylic acids is 1. The van der Waals surface area contributed by atoms with E-state index >= 15 is 0 Å². The van der Waals surface area contributed by atoms with Gasteiger partial charge in [-0.05, 0) is 62.0 Å². The quantitative estimate of drug-likeness (QED) is 0.516. The zero-order valence-electron chi connectivity index (χ0n) is 22.9. The largest absolute Gasteiger partial charge is 0.392 e. The van der Waals surface area contributed by atoms with E-state index in [0.717, 1.165) is 35.3 Å². The van der Waals surface area contributed by atoms with Crippen LogP contribution < -0.4 is 5.32 Å². The third-order valence-electron chi connectivity index (χ3n) is 8.50. The van der Waals surface area contributed by atoms with E-state index < -0.39 is 6.29 Å². The molecule has 0 aliphatic carbocycles. The first-order valence-corrected chi connectivity index (χ1v) is 14.3. The highest BCUT2D eigenvalue weighted by atomic mass is 16.7. The average Bonchev–Trinajstić information content (AvgIpc) is 3.61. The Morgan fingerprint density at radius 3 is 2.29 bits per heavy atom. The summed E-state index contributed by atoms with van der Waals surface area (Å²) in [6.45, 7) is 10.00. The molecule has 0 bridgehead atoms. The molecule has 0 spiro atoms. The molecule has 2 aromatic rings. The standard InChI is InChI=1S/C31H43N3O4/c1-22-29(20-34-17-5-6-28(34)19-33-15-3-4-16-33)37-31(27-13-7-24(8-14-27)18-32-23(2)36)38-30(22)26-11-9-25(21-35)10-12-26/h7-14,22,28-31,35H,3-6,15-21H2,1-2H3,(H,32,36)/t22-,28-,29+,30+,31+/m0/s1. The van der Waals surface area contributed by atoms with Crippen LogP contribution in [0.15, 0.2) is 48.5 Å². The summed E-state index contributed by atoms with van der Waals surface area (Å²) in [7, 11) is 0. The highest BCUT2D eigenvalue weighted by molar-refractivity contribution is 5.72. The summed E-state index contributed by atoms with van der Waals surface area (Å²) in [6.07, 6.45) is 4.64. The lowest BCUT2D eigenvalue weighted by Gasteiger charge is -2.43. The second-order valence-electron chi connectivity index (χ2n) is 11.3. The monoisotopic (exact) mass is 521 g/mol. The van der Waals surface area contributed by atoms with Crippen LogP contribution in [-0.2, 0) is 27.4 Å². The van der Waals surface area contributed by atoms with Gasteiger partial charge in [-0.1, -0.05) is 55.5 Å². The number of nitrogens with zero attached hydrogens (tertiary/aromatic N) is 2. The summed E-state index contributed by atoms with van der Waals surface area (Å²) in [4.78, 5) is 16.6. The smallest absolute Gasteiger partial charge is 0.217 e. The Hall–Kier alpha value is -2.29. The molecule has 1 amide bonds. The molecule has 38 heavy (non-hydrogen) atoms. The molecular weight excluding hydrogens is 478 g/mol. The first-order valence-electron chi connectivity index (χ1n) is 14.3. The van der Waals surface area contributed by atoms with E-state index in [4.69, 9.17) is 9.47 Å². The van der Waals surface area contributed by atoms with E-state index in [1.807, 2.05) is 36.4 Å². The van der Waals surface area contributed by atoms with Gasteiger partial charge in [0.05, 0.1) is 18.8 Å². The topological polar surface area (TPSA) is 74.3 Å². The maximum absolute atomic E-state index is 11.3. The van der Waals surface area contributed by atoms with E-state index in [1.54, 1.807) is 0 Å². The van der Waals surface area contributed by atoms with Gasteiger partial charge in [0.25, 0.3) is 0 Å². The number of carbonyl (C=O) groups is 1. The highest BCUT2D eigenvalue weighted by Gasteiger charge is 2.40. The number of likely N-dealkylation sites (tertiary alicyclic amines) is 2. The average molecular weight is 522 g/mol. The Bertz CT molecular complexity index is 1040. The Balaban J connectivity index is 1.34. The van der Waals surface area contributed by atoms with Crippen LogP contribution in [0, 0.1) is 5.92 Å². The lowest BCUT2D eigenvalue weighted by atomic mass is 9.90. The minimum Gasteiger partial charge on any atom is -0.392 e.